The maximum atomic E-state index is 11.6. The quantitative estimate of drug-likeness (QED) is 0.635. The number of rotatable bonds is 8. The van der Waals surface area contributed by atoms with Gasteiger partial charge in [-0.2, -0.15) is 5.10 Å². The van der Waals surface area contributed by atoms with Crippen LogP contribution in [0.5, 0.6) is 0 Å². The molecule has 3 rings (SSSR count). The Hall–Kier alpha value is -2.20. The van der Waals surface area contributed by atoms with Gasteiger partial charge in [-0.15, -0.1) is 0 Å². The smallest absolute Gasteiger partial charge is 0.306 e. The SMILES string of the molecule is O=C(O)CCC(=O)OC[C@H]1CO[C@@](Cn2cncn2)(c2ccc(Cl)cc2Cl)O1. The van der Waals surface area contributed by atoms with Crippen LogP contribution in [0.15, 0.2) is 30.9 Å². The number of carbonyl (C=O) groups excluding carboxylic acids is 1. The molecule has 2 aromatic rings. The predicted octanol–water partition coefficient (Wildman–Crippen LogP) is 2.26. The van der Waals surface area contributed by atoms with Crippen LogP contribution in [-0.4, -0.2) is 51.1 Å². The third-order valence-corrected chi connectivity index (χ3v) is 4.56. The van der Waals surface area contributed by atoms with E-state index in [0.29, 0.717) is 15.6 Å². The number of benzene rings is 1. The van der Waals surface area contributed by atoms with Gasteiger partial charge < -0.3 is 19.3 Å². The molecule has 1 aromatic carbocycles. The summed E-state index contributed by atoms with van der Waals surface area (Å²) >= 11 is 12.3. The topological polar surface area (TPSA) is 113 Å². The summed E-state index contributed by atoms with van der Waals surface area (Å²) in [5.74, 6) is -2.96. The molecule has 9 nitrogen and oxygen atoms in total. The summed E-state index contributed by atoms with van der Waals surface area (Å²) in [5.41, 5.74) is 0.550. The van der Waals surface area contributed by atoms with Crippen LogP contribution in [0.1, 0.15) is 18.4 Å². The summed E-state index contributed by atoms with van der Waals surface area (Å²) in [4.78, 5) is 26.1. The monoisotopic (exact) mass is 429 g/mol. The van der Waals surface area contributed by atoms with Crippen molar-refractivity contribution in [1.29, 1.82) is 0 Å². The molecule has 1 saturated heterocycles. The van der Waals surface area contributed by atoms with Crippen molar-refractivity contribution in [3.8, 4) is 0 Å². The average molecular weight is 430 g/mol. The third-order valence-electron chi connectivity index (χ3n) is 4.01. The van der Waals surface area contributed by atoms with Crippen LogP contribution in [0.25, 0.3) is 0 Å². The fraction of sp³-hybridized carbons (Fsp3) is 0.412. The van der Waals surface area contributed by atoms with Crippen molar-refractivity contribution in [3.05, 3.63) is 46.5 Å². The molecule has 0 amide bonds. The normalized spacial score (nSPS) is 21.6. The number of ether oxygens (including phenoxy) is 3. The molecule has 0 spiro atoms. The van der Waals surface area contributed by atoms with E-state index in [4.69, 9.17) is 42.5 Å². The van der Waals surface area contributed by atoms with Crippen LogP contribution in [0.2, 0.25) is 10.0 Å². The molecular weight excluding hydrogens is 413 g/mol. The molecule has 1 aliphatic rings. The van der Waals surface area contributed by atoms with E-state index in [1.165, 1.54) is 17.3 Å². The molecule has 2 atom stereocenters. The number of aromatic nitrogens is 3. The second-order valence-electron chi connectivity index (χ2n) is 6.10. The van der Waals surface area contributed by atoms with Crippen LogP contribution in [0, 0.1) is 0 Å². The second-order valence-corrected chi connectivity index (χ2v) is 6.94. The minimum atomic E-state index is -1.27. The maximum absolute atomic E-state index is 11.6. The van der Waals surface area contributed by atoms with Gasteiger partial charge in [0.15, 0.2) is 0 Å². The first kappa shape index (κ1) is 20.5. The van der Waals surface area contributed by atoms with E-state index in [-0.39, 0.29) is 32.6 Å². The number of nitrogens with zero attached hydrogens (tertiary/aromatic N) is 3. The van der Waals surface area contributed by atoms with Gasteiger partial charge in [0.2, 0.25) is 5.79 Å². The van der Waals surface area contributed by atoms with E-state index >= 15 is 0 Å². The molecule has 11 heteroatoms. The fourth-order valence-corrected chi connectivity index (χ4v) is 3.30. The number of aliphatic carboxylic acids is 1. The van der Waals surface area contributed by atoms with E-state index < -0.39 is 23.8 Å². The summed E-state index contributed by atoms with van der Waals surface area (Å²) in [6, 6.07) is 4.94. The first-order chi connectivity index (χ1) is 13.4. The van der Waals surface area contributed by atoms with Crippen LogP contribution in [0.3, 0.4) is 0 Å². The van der Waals surface area contributed by atoms with Gasteiger partial charge in [-0.3, -0.25) is 9.59 Å². The largest absolute Gasteiger partial charge is 0.481 e. The van der Waals surface area contributed by atoms with Crippen molar-refractivity contribution in [2.45, 2.75) is 31.3 Å². The van der Waals surface area contributed by atoms with Gasteiger partial charge >= 0.3 is 11.9 Å². The number of carbonyl (C=O) groups is 2. The zero-order valence-electron chi connectivity index (χ0n) is 14.6. The maximum Gasteiger partial charge on any atom is 0.306 e. The van der Waals surface area contributed by atoms with Gasteiger partial charge in [-0.05, 0) is 12.1 Å². The third kappa shape index (κ3) is 4.99. The van der Waals surface area contributed by atoms with E-state index in [9.17, 15) is 9.59 Å². The van der Waals surface area contributed by atoms with Gasteiger partial charge in [-0.25, -0.2) is 9.67 Å². The number of carboxylic acid groups (broad SMARTS) is 1. The molecule has 0 radical (unpaired) electrons. The second kappa shape index (κ2) is 8.87. The molecule has 2 heterocycles. The summed E-state index contributed by atoms with van der Waals surface area (Å²) in [7, 11) is 0. The summed E-state index contributed by atoms with van der Waals surface area (Å²) in [6.45, 7) is 0.223. The molecule has 1 aromatic heterocycles. The van der Waals surface area contributed by atoms with Gasteiger partial charge in [0, 0.05) is 10.6 Å². The predicted molar refractivity (Wildman–Crippen MR) is 96.8 cm³/mol. The minimum absolute atomic E-state index is 0.0806. The van der Waals surface area contributed by atoms with Gasteiger partial charge in [0.25, 0.3) is 0 Å². The highest BCUT2D eigenvalue weighted by Gasteiger charge is 2.45. The summed E-state index contributed by atoms with van der Waals surface area (Å²) in [5, 5.41) is 13.5. The summed E-state index contributed by atoms with van der Waals surface area (Å²) < 4.78 is 18.6. The molecule has 1 aliphatic heterocycles. The Labute approximate surface area is 170 Å². The number of hydrogen-bond acceptors (Lipinski definition) is 7. The van der Waals surface area contributed by atoms with Crippen LogP contribution in [0.4, 0.5) is 0 Å². The zero-order chi connectivity index (χ0) is 20.1. The molecular formula is C17H17Cl2N3O6. The number of carboxylic acids is 1. The van der Waals surface area contributed by atoms with E-state index in [1.54, 1.807) is 18.2 Å². The standard InChI is InChI=1S/C17H17Cl2N3O6/c18-11-1-2-13(14(19)5-11)17(8-22-10-20-9-21-22)27-7-12(28-17)6-26-16(25)4-3-15(23)24/h1-2,5,9-10,12H,3-4,6-8H2,(H,23,24)/t12-,17+/m0/s1. The average Bonchev–Trinajstić information content (AvgIpc) is 3.29. The summed E-state index contributed by atoms with van der Waals surface area (Å²) in [6.07, 6.45) is 1.82. The van der Waals surface area contributed by atoms with Crippen molar-refractivity contribution in [2.75, 3.05) is 13.2 Å². The lowest BCUT2D eigenvalue weighted by Gasteiger charge is -2.29. The van der Waals surface area contributed by atoms with Gasteiger partial charge in [0.05, 0.1) is 24.5 Å². The first-order valence-corrected chi connectivity index (χ1v) is 9.11. The van der Waals surface area contributed by atoms with Gasteiger partial charge in [0.1, 0.15) is 31.9 Å². The molecule has 1 fully saturated rings. The van der Waals surface area contributed by atoms with E-state index in [1.807, 2.05) is 0 Å². The van der Waals surface area contributed by atoms with Gasteiger partial charge in [-0.1, -0.05) is 29.3 Å². The molecule has 0 bridgehead atoms. The highest BCUT2D eigenvalue weighted by atomic mass is 35.5. The lowest BCUT2D eigenvalue weighted by atomic mass is 10.1. The molecule has 0 aliphatic carbocycles. The molecule has 28 heavy (non-hydrogen) atoms. The fourth-order valence-electron chi connectivity index (χ4n) is 2.75. The van der Waals surface area contributed by atoms with Crippen molar-refractivity contribution >= 4 is 35.1 Å². The Morgan fingerprint density at radius 1 is 1.36 bits per heavy atom. The Bertz CT molecular complexity index is 847. The van der Waals surface area contributed by atoms with E-state index in [2.05, 4.69) is 10.1 Å². The zero-order valence-corrected chi connectivity index (χ0v) is 16.1. The number of hydrogen-bond donors (Lipinski definition) is 1. The molecule has 0 unspecified atom stereocenters. The Morgan fingerprint density at radius 3 is 2.86 bits per heavy atom. The van der Waals surface area contributed by atoms with E-state index in [0.717, 1.165) is 0 Å². The van der Waals surface area contributed by atoms with Crippen molar-refractivity contribution in [1.82, 2.24) is 14.8 Å². The van der Waals surface area contributed by atoms with Crippen LogP contribution >= 0.6 is 23.2 Å². The van der Waals surface area contributed by atoms with Crippen molar-refractivity contribution < 1.29 is 28.9 Å². The Morgan fingerprint density at radius 2 is 2.18 bits per heavy atom. The lowest BCUT2D eigenvalue weighted by molar-refractivity contribution is -0.194. The number of halogens is 2. The Balaban J connectivity index is 1.72. The molecule has 150 valence electrons. The van der Waals surface area contributed by atoms with Crippen molar-refractivity contribution in [2.24, 2.45) is 0 Å². The van der Waals surface area contributed by atoms with Crippen molar-refractivity contribution in [3.63, 3.8) is 0 Å². The minimum Gasteiger partial charge on any atom is -0.481 e. The Kier molecular flexibility index (Phi) is 6.50. The highest BCUT2D eigenvalue weighted by Crippen LogP contribution is 2.40. The van der Waals surface area contributed by atoms with Crippen LogP contribution < -0.4 is 0 Å². The van der Waals surface area contributed by atoms with Crippen LogP contribution in [-0.2, 0) is 36.1 Å². The molecule has 0 saturated carbocycles. The lowest BCUT2D eigenvalue weighted by Crippen LogP contribution is -2.35. The molecule has 1 N–H and O–H groups in total. The highest BCUT2D eigenvalue weighted by molar-refractivity contribution is 6.35. The number of esters is 1. The first-order valence-electron chi connectivity index (χ1n) is 8.35.